The zero-order valence-electron chi connectivity index (χ0n) is 9.96. The van der Waals surface area contributed by atoms with Gasteiger partial charge in [0.1, 0.15) is 12.1 Å². The van der Waals surface area contributed by atoms with Gasteiger partial charge in [-0.15, -0.1) is 0 Å². The first kappa shape index (κ1) is 17.2. The summed E-state index contributed by atoms with van der Waals surface area (Å²) in [5.74, 6) is -3.71. The molecule has 0 aromatic rings. The summed E-state index contributed by atoms with van der Waals surface area (Å²) < 4.78 is 0. The molecule has 3 amide bonds. The van der Waals surface area contributed by atoms with Crippen LogP contribution in [0.25, 0.3) is 0 Å². The van der Waals surface area contributed by atoms with Crippen molar-refractivity contribution in [2.45, 2.75) is 18.5 Å². The summed E-state index contributed by atoms with van der Waals surface area (Å²) in [6.07, 6.45) is -0.550. The first-order valence-electron chi connectivity index (χ1n) is 5.23. The van der Waals surface area contributed by atoms with Gasteiger partial charge in [-0.05, 0) is 0 Å². The Labute approximate surface area is 114 Å². The minimum absolute atomic E-state index is 0.0551. The Morgan fingerprint density at radius 2 is 1.74 bits per heavy atom. The Morgan fingerprint density at radius 1 is 1.16 bits per heavy atom. The molecule has 0 saturated heterocycles. The van der Waals surface area contributed by atoms with Gasteiger partial charge in [-0.1, -0.05) is 0 Å². The number of carboxylic acid groups (broad SMARTS) is 1. The molecule has 0 rings (SSSR count). The third-order valence-electron chi connectivity index (χ3n) is 2.04. The molecule has 0 saturated carbocycles. The standard InChI is InChI=1S/C9H16N4O5S/c10-2-7(15)12-5(3-19)8(16)13-4(9(17)18)1-6(11)14/h4-5,19H,1-3,10H2,(H2,11,14)(H,12,15)(H,13,16)(H,17,18). The second kappa shape index (κ2) is 8.32. The number of primary amides is 1. The van der Waals surface area contributed by atoms with E-state index in [-0.39, 0.29) is 12.3 Å². The summed E-state index contributed by atoms with van der Waals surface area (Å²) >= 11 is 3.86. The van der Waals surface area contributed by atoms with Crippen molar-refractivity contribution >= 4 is 36.3 Å². The van der Waals surface area contributed by atoms with Crippen LogP contribution in [-0.4, -0.2) is 53.2 Å². The fourth-order valence-electron chi connectivity index (χ4n) is 1.12. The van der Waals surface area contributed by atoms with Crippen LogP contribution in [0, 0.1) is 0 Å². The van der Waals surface area contributed by atoms with Crippen LogP contribution in [-0.2, 0) is 19.2 Å². The Balaban J connectivity index is 4.63. The second-order valence-corrected chi connectivity index (χ2v) is 3.94. The zero-order valence-corrected chi connectivity index (χ0v) is 10.9. The fourth-order valence-corrected chi connectivity index (χ4v) is 1.38. The predicted molar refractivity (Wildman–Crippen MR) is 68.2 cm³/mol. The number of carbonyl (C=O) groups is 4. The number of rotatable bonds is 8. The highest BCUT2D eigenvalue weighted by atomic mass is 32.1. The van der Waals surface area contributed by atoms with Gasteiger partial charge >= 0.3 is 5.97 Å². The van der Waals surface area contributed by atoms with E-state index in [0.717, 1.165) is 0 Å². The highest BCUT2D eigenvalue weighted by Gasteiger charge is 2.26. The highest BCUT2D eigenvalue weighted by Crippen LogP contribution is 1.95. The molecule has 0 aromatic heterocycles. The molecule has 108 valence electrons. The lowest BCUT2D eigenvalue weighted by atomic mass is 10.2. The molecule has 0 bridgehead atoms. The number of carbonyl (C=O) groups excluding carboxylic acids is 3. The summed E-state index contributed by atoms with van der Waals surface area (Å²) in [7, 11) is 0. The normalized spacial score (nSPS) is 13.2. The van der Waals surface area contributed by atoms with Gasteiger partial charge in [0.2, 0.25) is 17.7 Å². The van der Waals surface area contributed by atoms with Crippen molar-refractivity contribution in [1.29, 1.82) is 0 Å². The number of hydrogen-bond donors (Lipinski definition) is 6. The molecule has 19 heavy (non-hydrogen) atoms. The van der Waals surface area contributed by atoms with E-state index in [4.69, 9.17) is 16.6 Å². The summed E-state index contributed by atoms with van der Waals surface area (Å²) in [5, 5.41) is 13.1. The smallest absolute Gasteiger partial charge is 0.326 e. The first-order valence-corrected chi connectivity index (χ1v) is 5.86. The van der Waals surface area contributed by atoms with Crippen molar-refractivity contribution in [2.24, 2.45) is 11.5 Å². The molecule has 0 aliphatic carbocycles. The second-order valence-electron chi connectivity index (χ2n) is 3.58. The van der Waals surface area contributed by atoms with Crippen molar-refractivity contribution in [2.75, 3.05) is 12.3 Å². The van der Waals surface area contributed by atoms with Gasteiger partial charge < -0.3 is 27.2 Å². The van der Waals surface area contributed by atoms with Crippen molar-refractivity contribution < 1.29 is 24.3 Å². The molecule has 0 spiro atoms. The van der Waals surface area contributed by atoms with Gasteiger partial charge in [0.15, 0.2) is 0 Å². The lowest BCUT2D eigenvalue weighted by Gasteiger charge is -2.19. The van der Waals surface area contributed by atoms with Crippen LogP contribution in [0.1, 0.15) is 6.42 Å². The maximum atomic E-state index is 11.7. The largest absolute Gasteiger partial charge is 0.480 e. The minimum Gasteiger partial charge on any atom is -0.480 e. The van der Waals surface area contributed by atoms with Crippen molar-refractivity contribution in [3.05, 3.63) is 0 Å². The molecular weight excluding hydrogens is 276 g/mol. The van der Waals surface area contributed by atoms with Gasteiger partial charge in [-0.3, -0.25) is 14.4 Å². The van der Waals surface area contributed by atoms with Crippen molar-refractivity contribution in [1.82, 2.24) is 10.6 Å². The Kier molecular flexibility index (Phi) is 7.53. The van der Waals surface area contributed by atoms with Gasteiger partial charge in [0, 0.05) is 5.75 Å². The summed E-state index contributed by atoms with van der Waals surface area (Å²) in [4.78, 5) is 44.2. The Hall–Kier alpha value is -1.81. The number of thiol groups is 1. The van der Waals surface area contributed by atoms with Crippen LogP contribution in [0.5, 0.6) is 0 Å². The fraction of sp³-hybridized carbons (Fsp3) is 0.556. The van der Waals surface area contributed by atoms with Crippen LogP contribution in [0.4, 0.5) is 0 Å². The van der Waals surface area contributed by atoms with Crippen LogP contribution in [0.15, 0.2) is 0 Å². The number of nitrogens with two attached hydrogens (primary N) is 2. The van der Waals surface area contributed by atoms with Crippen molar-refractivity contribution in [3.8, 4) is 0 Å². The third-order valence-corrected chi connectivity index (χ3v) is 2.40. The molecule has 9 nitrogen and oxygen atoms in total. The maximum Gasteiger partial charge on any atom is 0.326 e. The summed E-state index contributed by atoms with van der Waals surface area (Å²) in [5.41, 5.74) is 9.93. The molecule has 7 N–H and O–H groups in total. The minimum atomic E-state index is -1.46. The monoisotopic (exact) mass is 292 g/mol. The molecular formula is C9H16N4O5S. The topological polar surface area (TPSA) is 165 Å². The van der Waals surface area contributed by atoms with Crippen LogP contribution >= 0.6 is 12.6 Å². The summed E-state index contributed by atoms with van der Waals surface area (Å²) in [6.45, 7) is -0.318. The first-order chi connectivity index (χ1) is 8.81. The van der Waals surface area contributed by atoms with Gasteiger partial charge in [-0.25, -0.2) is 4.79 Å². The predicted octanol–water partition coefficient (Wildman–Crippen LogP) is -3.20. The van der Waals surface area contributed by atoms with Crippen molar-refractivity contribution in [3.63, 3.8) is 0 Å². The maximum absolute atomic E-state index is 11.7. The average molecular weight is 292 g/mol. The van der Waals surface area contributed by atoms with E-state index < -0.39 is 42.2 Å². The Morgan fingerprint density at radius 3 is 2.11 bits per heavy atom. The quantitative estimate of drug-likeness (QED) is 0.258. The number of carboxylic acids is 1. The molecule has 0 aliphatic rings. The molecule has 0 heterocycles. The summed E-state index contributed by atoms with van der Waals surface area (Å²) in [6, 6.07) is -2.50. The van der Waals surface area contributed by atoms with Crippen LogP contribution < -0.4 is 22.1 Å². The van der Waals surface area contributed by atoms with E-state index in [9.17, 15) is 19.2 Å². The molecule has 2 unspecified atom stereocenters. The lowest BCUT2D eigenvalue weighted by Crippen LogP contribution is -2.54. The van der Waals surface area contributed by atoms with Gasteiger partial charge in [0.25, 0.3) is 0 Å². The average Bonchev–Trinajstić information content (AvgIpc) is 2.33. The van der Waals surface area contributed by atoms with E-state index in [1.54, 1.807) is 0 Å². The SMILES string of the molecule is NCC(=O)NC(CS)C(=O)NC(CC(N)=O)C(=O)O. The molecule has 2 atom stereocenters. The third kappa shape index (κ3) is 6.62. The van der Waals surface area contributed by atoms with E-state index in [1.807, 2.05) is 0 Å². The van der Waals surface area contributed by atoms with E-state index in [1.165, 1.54) is 0 Å². The molecule has 0 aromatic carbocycles. The lowest BCUT2D eigenvalue weighted by molar-refractivity contribution is -0.143. The van der Waals surface area contributed by atoms with E-state index in [2.05, 4.69) is 23.3 Å². The molecule has 10 heteroatoms. The Bertz CT molecular complexity index is 376. The number of amides is 3. The number of aliphatic carboxylic acids is 1. The number of hydrogen-bond acceptors (Lipinski definition) is 6. The van der Waals surface area contributed by atoms with Crippen LogP contribution in [0.3, 0.4) is 0 Å². The molecule has 0 radical (unpaired) electrons. The van der Waals surface area contributed by atoms with E-state index >= 15 is 0 Å². The highest BCUT2D eigenvalue weighted by molar-refractivity contribution is 7.80. The zero-order chi connectivity index (χ0) is 15.0. The van der Waals surface area contributed by atoms with Gasteiger partial charge in [0.05, 0.1) is 13.0 Å². The molecule has 0 fully saturated rings. The van der Waals surface area contributed by atoms with E-state index in [0.29, 0.717) is 0 Å². The van der Waals surface area contributed by atoms with Gasteiger partial charge in [-0.2, -0.15) is 12.6 Å². The number of nitrogens with one attached hydrogen (secondary N) is 2. The molecule has 0 aliphatic heterocycles. The van der Waals surface area contributed by atoms with Crippen LogP contribution in [0.2, 0.25) is 0 Å².